The van der Waals surface area contributed by atoms with E-state index in [2.05, 4.69) is 15.6 Å². The molecule has 140 valence electrons. The van der Waals surface area contributed by atoms with Crippen molar-refractivity contribution >= 4 is 28.8 Å². The van der Waals surface area contributed by atoms with Crippen LogP contribution in [0.2, 0.25) is 0 Å². The Morgan fingerprint density at radius 2 is 1.61 bits per heavy atom. The number of ketones is 1. The fraction of sp³-hybridized carbons (Fsp3) is 0.0952. The van der Waals surface area contributed by atoms with Gasteiger partial charge in [-0.1, -0.05) is 0 Å². The van der Waals surface area contributed by atoms with Crippen molar-refractivity contribution < 1.29 is 19.1 Å². The lowest BCUT2D eigenvalue weighted by molar-refractivity contribution is 0.101. The van der Waals surface area contributed by atoms with Gasteiger partial charge in [0.1, 0.15) is 5.69 Å². The molecule has 7 nitrogen and oxygen atoms in total. The minimum atomic E-state index is -0.329. The number of nitrogens with zero attached hydrogens (tertiary/aromatic N) is 1. The molecule has 0 spiro atoms. The molecule has 0 unspecified atom stereocenters. The van der Waals surface area contributed by atoms with Crippen LogP contribution >= 0.6 is 0 Å². The predicted octanol–water partition coefficient (Wildman–Crippen LogP) is 4.01. The third-order valence-corrected chi connectivity index (χ3v) is 4.21. The molecule has 2 heterocycles. The van der Waals surface area contributed by atoms with Crippen molar-refractivity contribution in [2.75, 3.05) is 17.4 Å². The van der Waals surface area contributed by atoms with E-state index in [1.807, 2.05) is 18.2 Å². The molecule has 1 aromatic heterocycles. The zero-order valence-corrected chi connectivity index (χ0v) is 15.1. The second-order valence-corrected chi connectivity index (χ2v) is 6.21. The Hall–Kier alpha value is -3.87. The normalized spacial score (nSPS) is 11.8. The van der Waals surface area contributed by atoms with Gasteiger partial charge in [0.2, 0.25) is 6.79 Å². The van der Waals surface area contributed by atoms with Gasteiger partial charge in [0, 0.05) is 23.0 Å². The Balaban J connectivity index is 1.41. The molecule has 0 radical (unpaired) electrons. The van der Waals surface area contributed by atoms with Gasteiger partial charge >= 0.3 is 0 Å². The van der Waals surface area contributed by atoms with Gasteiger partial charge in [-0.25, -0.2) is 4.98 Å². The average molecular weight is 375 g/mol. The molecular weight excluding hydrogens is 358 g/mol. The van der Waals surface area contributed by atoms with Gasteiger partial charge in [-0.2, -0.15) is 0 Å². The summed E-state index contributed by atoms with van der Waals surface area (Å²) in [6, 6.07) is 15.7. The summed E-state index contributed by atoms with van der Waals surface area (Å²) in [6.07, 6.45) is 1.58. The Labute approximate surface area is 161 Å². The number of benzene rings is 2. The minimum Gasteiger partial charge on any atom is -0.454 e. The number of hydrogen-bond acceptors (Lipinski definition) is 6. The first-order valence-corrected chi connectivity index (χ1v) is 8.63. The molecule has 0 atom stereocenters. The Kier molecular flexibility index (Phi) is 4.63. The van der Waals surface area contributed by atoms with Crippen molar-refractivity contribution in [3.8, 4) is 11.5 Å². The van der Waals surface area contributed by atoms with Crippen LogP contribution in [-0.2, 0) is 0 Å². The summed E-state index contributed by atoms with van der Waals surface area (Å²) in [6.45, 7) is 1.72. The van der Waals surface area contributed by atoms with Gasteiger partial charge in [-0.3, -0.25) is 9.59 Å². The average Bonchev–Trinajstić information content (AvgIpc) is 3.17. The number of nitrogens with one attached hydrogen (secondary N) is 2. The molecule has 1 aliphatic rings. The molecule has 0 saturated heterocycles. The first-order valence-electron chi connectivity index (χ1n) is 8.63. The molecule has 1 aliphatic heterocycles. The van der Waals surface area contributed by atoms with Crippen molar-refractivity contribution in [3.05, 3.63) is 72.1 Å². The van der Waals surface area contributed by atoms with Gasteiger partial charge in [0.15, 0.2) is 17.3 Å². The second kappa shape index (κ2) is 7.40. The van der Waals surface area contributed by atoms with Gasteiger partial charge in [-0.15, -0.1) is 0 Å². The van der Waals surface area contributed by atoms with E-state index in [-0.39, 0.29) is 24.2 Å². The summed E-state index contributed by atoms with van der Waals surface area (Å²) < 4.78 is 10.6. The molecule has 1 amide bonds. The lowest BCUT2D eigenvalue weighted by atomic mass is 10.1. The molecule has 0 bridgehead atoms. The van der Waals surface area contributed by atoms with Crippen LogP contribution in [-0.4, -0.2) is 23.5 Å². The third kappa shape index (κ3) is 3.78. The Morgan fingerprint density at radius 3 is 2.32 bits per heavy atom. The fourth-order valence-electron chi connectivity index (χ4n) is 2.73. The number of rotatable bonds is 5. The van der Waals surface area contributed by atoms with Crippen LogP contribution in [0.25, 0.3) is 0 Å². The number of anilines is 3. The molecule has 7 heteroatoms. The van der Waals surface area contributed by atoms with E-state index in [4.69, 9.17) is 9.47 Å². The van der Waals surface area contributed by atoms with Crippen LogP contribution in [0.1, 0.15) is 27.8 Å². The first-order chi connectivity index (χ1) is 13.6. The number of fused-ring (bicyclic) bond motifs is 1. The molecule has 0 saturated carbocycles. The molecule has 2 aromatic carbocycles. The summed E-state index contributed by atoms with van der Waals surface area (Å²) in [4.78, 5) is 27.8. The van der Waals surface area contributed by atoms with Gasteiger partial charge in [0.05, 0.1) is 11.9 Å². The van der Waals surface area contributed by atoms with Gasteiger partial charge in [-0.05, 0) is 55.5 Å². The van der Waals surface area contributed by atoms with Crippen LogP contribution in [0.3, 0.4) is 0 Å². The summed E-state index contributed by atoms with van der Waals surface area (Å²) in [5.41, 5.74) is 3.04. The van der Waals surface area contributed by atoms with Crippen LogP contribution in [0.5, 0.6) is 11.5 Å². The zero-order chi connectivity index (χ0) is 19.5. The van der Waals surface area contributed by atoms with E-state index >= 15 is 0 Å². The van der Waals surface area contributed by atoms with E-state index in [1.54, 1.807) is 42.6 Å². The summed E-state index contributed by atoms with van der Waals surface area (Å²) >= 11 is 0. The smallest absolute Gasteiger partial charge is 0.274 e. The summed E-state index contributed by atoms with van der Waals surface area (Å²) in [5, 5.41) is 5.96. The quantitative estimate of drug-likeness (QED) is 0.655. The number of carbonyl (C=O) groups is 2. The summed E-state index contributed by atoms with van der Waals surface area (Å²) in [7, 11) is 0. The van der Waals surface area contributed by atoms with Crippen molar-refractivity contribution in [3.63, 3.8) is 0 Å². The van der Waals surface area contributed by atoms with Crippen molar-refractivity contribution in [2.24, 2.45) is 0 Å². The number of hydrogen-bond donors (Lipinski definition) is 2. The van der Waals surface area contributed by atoms with E-state index in [9.17, 15) is 9.59 Å². The second-order valence-electron chi connectivity index (χ2n) is 6.21. The number of aromatic nitrogens is 1. The molecule has 3 aromatic rings. The maximum absolute atomic E-state index is 12.3. The molecule has 0 aliphatic carbocycles. The van der Waals surface area contributed by atoms with Crippen molar-refractivity contribution in [2.45, 2.75) is 6.92 Å². The van der Waals surface area contributed by atoms with Crippen molar-refractivity contribution in [1.82, 2.24) is 4.98 Å². The minimum absolute atomic E-state index is 0.0231. The van der Waals surface area contributed by atoms with Crippen LogP contribution < -0.4 is 20.1 Å². The molecule has 28 heavy (non-hydrogen) atoms. The van der Waals surface area contributed by atoms with E-state index < -0.39 is 0 Å². The standard InChI is InChI=1S/C21H17N3O4/c1-13(25)14-2-4-15(5-3-14)24-21(26)18-8-6-17(11-22-18)23-16-7-9-19-20(10-16)28-12-27-19/h2-11,23H,12H2,1H3,(H,24,26). The topological polar surface area (TPSA) is 89.6 Å². The number of Topliss-reactive ketones (excluding diaryl/α,β-unsaturated/α-hetero) is 1. The summed E-state index contributed by atoms with van der Waals surface area (Å²) in [5.74, 6) is 1.05. The third-order valence-electron chi connectivity index (χ3n) is 4.21. The van der Waals surface area contributed by atoms with Crippen LogP contribution in [0.4, 0.5) is 17.1 Å². The van der Waals surface area contributed by atoms with Crippen LogP contribution in [0, 0.1) is 0 Å². The molecule has 2 N–H and O–H groups in total. The first kappa shape index (κ1) is 17.5. The lowest BCUT2D eigenvalue weighted by Gasteiger charge is -2.08. The molecular formula is C21H17N3O4. The van der Waals surface area contributed by atoms with Crippen LogP contribution in [0.15, 0.2) is 60.8 Å². The highest BCUT2D eigenvalue weighted by molar-refractivity contribution is 6.03. The Morgan fingerprint density at radius 1 is 0.893 bits per heavy atom. The maximum atomic E-state index is 12.3. The fourth-order valence-corrected chi connectivity index (χ4v) is 2.73. The number of ether oxygens (including phenoxy) is 2. The number of amides is 1. The highest BCUT2D eigenvalue weighted by atomic mass is 16.7. The molecule has 0 fully saturated rings. The highest BCUT2D eigenvalue weighted by Gasteiger charge is 2.13. The Bertz CT molecular complexity index is 1030. The van der Waals surface area contributed by atoms with Gasteiger partial charge < -0.3 is 20.1 Å². The molecule has 4 rings (SSSR count). The predicted molar refractivity (Wildman–Crippen MR) is 104 cm³/mol. The van der Waals surface area contributed by atoms with E-state index in [0.717, 1.165) is 11.4 Å². The monoisotopic (exact) mass is 375 g/mol. The van der Waals surface area contributed by atoms with Gasteiger partial charge in [0.25, 0.3) is 5.91 Å². The lowest BCUT2D eigenvalue weighted by Crippen LogP contribution is -2.13. The number of carbonyl (C=O) groups excluding carboxylic acids is 2. The van der Waals surface area contributed by atoms with E-state index in [0.29, 0.717) is 22.7 Å². The SMILES string of the molecule is CC(=O)c1ccc(NC(=O)c2ccc(Nc3ccc4c(c3)OCO4)cn2)cc1. The highest BCUT2D eigenvalue weighted by Crippen LogP contribution is 2.35. The van der Waals surface area contributed by atoms with Crippen molar-refractivity contribution in [1.29, 1.82) is 0 Å². The largest absolute Gasteiger partial charge is 0.454 e. The number of pyridine rings is 1. The maximum Gasteiger partial charge on any atom is 0.274 e. The van der Waals surface area contributed by atoms with E-state index in [1.165, 1.54) is 6.92 Å². The zero-order valence-electron chi connectivity index (χ0n) is 15.1.